The molecule has 0 aliphatic carbocycles. The third-order valence-electron chi connectivity index (χ3n) is 3.72. The molecular formula is C13H22N4. The van der Waals surface area contributed by atoms with E-state index < -0.39 is 0 Å². The number of nitrogens with one attached hydrogen (secondary N) is 1. The van der Waals surface area contributed by atoms with Crippen molar-refractivity contribution in [2.24, 2.45) is 11.8 Å². The summed E-state index contributed by atoms with van der Waals surface area (Å²) < 4.78 is 0. The highest BCUT2D eigenvalue weighted by Gasteiger charge is 2.22. The molecule has 1 N–H and O–H groups in total. The van der Waals surface area contributed by atoms with Gasteiger partial charge < -0.3 is 10.2 Å². The van der Waals surface area contributed by atoms with E-state index in [4.69, 9.17) is 0 Å². The molecule has 0 aromatic carbocycles. The smallest absolute Gasteiger partial charge is 0.134 e. The lowest BCUT2D eigenvalue weighted by molar-refractivity contribution is 0.310. The predicted octanol–water partition coefficient (Wildman–Crippen LogP) is 2.39. The van der Waals surface area contributed by atoms with E-state index in [2.05, 4.69) is 34.0 Å². The summed E-state index contributed by atoms with van der Waals surface area (Å²) in [6.07, 6.45) is 4.18. The van der Waals surface area contributed by atoms with Crippen molar-refractivity contribution in [3.63, 3.8) is 0 Å². The summed E-state index contributed by atoms with van der Waals surface area (Å²) in [4.78, 5) is 10.9. The summed E-state index contributed by atoms with van der Waals surface area (Å²) in [6, 6.07) is 2.02. The fourth-order valence-electron chi connectivity index (χ4n) is 2.45. The lowest BCUT2D eigenvalue weighted by Crippen LogP contribution is -2.35. The highest BCUT2D eigenvalue weighted by molar-refractivity contribution is 5.48. The van der Waals surface area contributed by atoms with Crippen LogP contribution in [0.4, 0.5) is 11.6 Å². The number of hydrogen-bond donors (Lipinski definition) is 1. The first-order chi connectivity index (χ1) is 8.20. The first-order valence-corrected chi connectivity index (χ1v) is 6.45. The summed E-state index contributed by atoms with van der Waals surface area (Å²) >= 11 is 0. The number of rotatable bonds is 3. The minimum Gasteiger partial charge on any atom is -0.373 e. The molecule has 2 rings (SSSR count). The first-order valence-electron chi connectivity index (χ1n) is 6.45. The molecule has 94 valence electrons. The Morgan fingerprint density at radius 2 is 2.00 bits per heavy atom. The summed E-state index contributed by atoms with van der Waals surface area (Å²) in [5.41, 5.74) is 0. The molecule has 0 amide bonds. The highest BCUT2D eigenvalue weighted by Crippen LogP contribution is 2.27. The lowest BCUT2D eigenvalue weighted by atomic mass is 9.87. The molecule has 4 nitrogen and oxygen atoms in total. The monoisotopic (exact) mass is 234 g/mol. The molecule has 1 aliphatic rings. The van der Waals surface area contributed by atoms with Crippen LogP contribution in [-0.4, -0.2) is 30.1 Å². The van der Waals surface area contributed by atoms with Gasteiger partial charge in [0.2, 0.25) is 0 Å². The fraction of sp³-hybridized carbons (Fsp3) is 0.692. The summed E-state index contributed by atoms with van der Waals surface area (Å²) in [7, 11) is 1.89. The zero-order valence-electron chi connectivity index (χ0n) is 11.0. The van der Waals surface area contributed by atoms with Crippen LogP contribution in [0.25, 0.3) is 0 Å². The van der Waals surface area contributed by atoms with Crippen molar-refractivity contribution in [3.8, 4) is 0 Å². The van der Waals surface area contributed by atoms with Gasteiger partial charge in [0.25, 0.3) is 0 Å². The molecule has 0 unspecified atom stereocenters. The molecule has 1 fully saturated rings. The van der Waals surface area contributed by atoms with Gasteiger partial charge in [-0.2, -0.15) is 0 Å². The van der Waals surface area contributed by atoms with E-state index in [1.807, 2.05) is 13.1 Å². The maximum absolute atomic E-state index is 4.36. The molecule has 17 heavy (non-hydrogen) atoms. The molecule has 1 saturated heterocycles. The summed E-state index contributed by atoms with van der Waals surface area (Å²) in [5.74, 6) is 3.61. The normalized spacial score (nSPS) is 17.5. The second kappa shape index (κ2) is 5.34. The van der Waals surface area contributed by atoms with Gasteiger partial charge >= 0.3 is 0 Å². The van der Waals surface area contributed by atoms with E-state index in [1.54, 1.807) is 6.33 Å². The second-order valence-corrected chi connectivity index (χ2v) is 5.08. The number of aromatic nitrogens is 2. The Balaban J connectivity index is 2.00. The van der Waals surface area contributed by atoms with Gasteiger partial charge in [-0.15, -0.1) is 0 Å². The van der Waals surface area contributed by atoms with Crippen LogP contribution in [0, 0.1) is 11.8 Å². The van der Waals surface area contributed by atoms with Crippen molar-refractivity contribution in [3.05, 3.63) is 12.4 Å². The van der Waals surface area contributed by atoms with Crippen LogP contribution in [0.15, 0.2) is 12.4 Å². The molecule has 0 spiro atoms. The van der Waals surface area contributed by atoms with Crippen molar-refractivity contribution in [1.29, 1.82) is 0 Å². The van der Waals surface area contributed by atoms with Crippen LogP contribution in [0.1, 0.15) is 26.7 Å². The molecule has 0 saturated carbocycles. The van der Waals surface area contributed by atoms with Crippen molar-refractivity contribution >= 4 is 11.6 Å². The zero-order chi connectivity index (χ0) is 12.3. The third kappa shape index (κ3) is 2.87. The van der Waals surface area contributed by atoms with E-state index in [9.17, 15) is 0 Å². The molecule has 0 atom stereocenters. The van der Waals surface area contributed by atoms with Crippen molar-refractivity contribution in [2.45, 2.75) is 26.7 Å². The van der Waals surface area contributed by atoms with Crippen LogP contribution in [0.2, 0.25) is 0 Å². The molecule has 1 aromatic heterocycles. The standard InChI is InChI=1S/C13H22N4/c1-10(2)11-4-6-17(7-5-11)13-8-12(14-3)15-9-16-13/h8-11H,4-7H2,1-3H3,(H,14,15,16). The van der Waals surface area contributed by atoms with Gasteiger partial charge in [-0.3, -0.25) is 0 Å². The lowest BCUT2D eigenvalue weighted by Gasteiger charge is -2.34. The Labute approximate surface area is 103 Å². The zero-order valence-corrected chi connectivity index (χ0v) is 11.0. The minimum absolute atomic E-state index is 0.801. The van der Waals surface area contributed by atoms with Gasteiger partial charge in [0.05, 0.1) is 0 Å². The Kier molecular flexibility index (Phi) is 3.82. The highest BCUT2D eigenvalue weighted by atomic mass is 15.2. The quantitative estimate of drug-likeness (QED) is 0.872. The molecule has 0 bridgehead atoms. The maximum atomic E-state index is 4.36. The van der Waals surface area contributed by atoms with Gasteiger partial charge in [0.15, 0.2) is 0 Å². The Bertz CT molecular complexity index is 356. The minimum atomic E-state index is 0.801. The molecule has 4 heteroatoms. The van der Waals surface area contributed by atoms with Crippen LogP contribution < -0.4 is 10.2 Å². The van der Waals surface area contributed by atoms with E-state index in [0.717, 1.165) is 36.6 Å². The summed E-state index contributed by atoms with van der Waals surface area (Å²) in [5, 5.41) is 3.06. The molecule has 1 aliphatic heterocycles. The summed E-state index contributed by atoms with van der Waals surface area (Å²) in [6.45, 7) is 6.88. The predicted molar refractivity (Wildman–Crippen MR) is 71.4 cm³/mol. The maximum Gasteiger partial charge on any atom is 0.134 e. The van der Waals surface area contributed by atoms with Crippen LogP contribution in [0.5, 0.6) is 0 Å². The Morgan fingerprint density at radius 1 is 1.29 bits per heavy atom. The molecular weight excluding hydrogens is 212 g/mol. The van der Waals surface area contributed by atoms with E-state index in [-0.39, 0.29) is 0 Å². The molecule has 0 radical (unpaired) electrons. The molecule has 1 aromatic rings. The van der Waals surface area contributed by atoms with Crippen LogP contribution in [-0.2, 0) is 0 Å². The molecule has 2 heterocycles. The SMILES string of the molecule is CNc1cc(N2CCC(C(C)C)CC2)ncn1. The third-order valence-corrected chi connectivity index (χ3v) is 3.72. The van der Waals surface area contributed by atoms with E-state index in [0.29, 0.717) is 0 Å². The van der Waals surface area contributed by atoms with Gasteiger partial charge in [0.1, 0.15) is 18.0 Å². The van der Waals surface area contributed by atoms with Crippen molar-refractivity contribution in [2.75, 3.05) is 30.4 Å². The fourth-order valence-corrected chi connectivity index (χ4v) is 2.45. The average molecular weight is 234 g/mol. The Morgan fingerprint density at radius 3 is 2.59 bits per heavy atom. The van der Waals surface area contributed by atoms with Gasteiger partial charge in [-0.05, 0) is 24.7 Å². The topological polar surface area (TPSA) is 41.0 Å². The average Bonchev–Trinajstić information content (AvgIpc) is 2.39. The van der Waals surface area contributed by atoms with Gasteiger partial charge in [-0.25, -0.2) is 9.97 Å². The number of nitrogens with zero attached hydrogens (tertiary/aromatic N) is 3. The number of piperidine rings is 1. The van der Waals surface area contributed by atoms with E-state index >= 15 is 0 Å². The van der Waals surface area contributed by atoms with Gasteiger partial charge in [0, 0.05) is 26.2 Å². The van der Waals surface area contributed by atoms with Gasteiger partial charge in [-0.1, -0.05) is 13.8 Å². The van der Waals surface area contributed by atoms with Crippen molar-refractivity contribution in [1.82, 2.24) is 9.97 Å². The van der Waals surface area contributed by atoms with Crippen molar-refractivity contribution < 1.29 is 0 Å². The van der Waals surface area contributed by atoms with Crippen LogP contribution in [0.3, 0.4) is 0 Å². The number of anilines is 2. The number of hydrogen-bond acceptors (Lipinski definition) is 4. The first kappa shape index (κ1) is 12.1. The Hall–Kier alpha value is -1.32. The second-order valence-electron chi connectivity index (χ2n) is 5.08. The van der Waals surface area contributed by atoms with Crippen LogP contribution >= 0.6 is 0 Å². The largest absolute Gasteiger partial charge is 0.373 e. The van der Waals surface area contributed by atoms with E-state index in [1.165, 1.54) is 12.8 Å².